The molecule has 0 amide bonds. The van der Waals surface area contributed by atoms with Gasteiger partial charge in [-0.05, 0) is 35.4 Å². The molecule has 0 saturated carbocycles. The second-order valence-corrected chi connectivity index (χ2v) is 5.18. The first kappa shape index (κ1) is 12.2. The van der Waals surface area contributed by atoms with Gasteiger partial charge in [-0.25, -0.2) is 0 Å². The van der Waals surface area contributed by atoms with Crippen molar-refractivity contribution in [3.05, 3.63) is 22.4 Å². The van der Waals surface area contributed by atoms with E-state index in [4.69, 9.17) is 0 Å². The average Bonchev–Trinajstić information content (AvgIpc) is 2.66. The van der Waals surface area contributed by atoms with Gasteiger partial charge in [0.05, 0.1) is 0 Å². The van der Waals surface area contributed by atoms with Crippen molar-refractivity contribution in [3.63, 3.8) is 0 Å². The monoisotopic (exact) mass is 275 g/mol. The summed E-state index contributed by atoms with van der Waals surface area (Å²) in [7, 11) is 2.20. The van der Waals surface area contributed by atoms with Crippen LogP contribution in [0.1, 0.15) is 18.9 Å². The summed E-state index contributed by atoms with van der Waals surface area (Å²) < 4.78 is 0. The predicted octanol–water partition coefficient (Wildman–Crippen LogP) is 3.60. The molecule has 0 spiro atoms. The molecular formula is C11H18BrNS. The first-order valence-electron chi connectivity index (χ1n) is 5.01. The zero-order valence-electron chi connectivity index (χ0n) is 8.87. The summed E-state index contributed by atoms with van der Waals surface area (Å²) in [6.07, 6.45) is 1.25. The SMILES string of the molecule is CCC(CBr)CN(C)Cc1ccsc1. The number of halogens is 1. The Kier molecular flexibility index (Phi) is 5.75. The molecule has 1 unspecified atom stereocenters. The highest BCUT2D eigenvalue weighted by atomic mass is 79.9. The molecule has 1 aromatic heterocycles. The smallest absolute Gasteiger partial charge is 0.0239 e. The lowest BCUT2D eigenvalue weighted by Crippen LogP contribution is -2.25. The van der Waals surface area contributed by atoms with Crippen LogP contribution in [0, 0.1) is 5.92 Å². The molecule has 0 aliphatic carbocycles. The number of rotatable bonds is 6. The average molecular weight is 276 g/mol. The largest absolute Gasteiger partial charge is 0.302 e. The molecule has 0 N–H and O–H groups in total. The topological polar surface area (TPSA) is 3.24 Å². The Bertz CT molecular complexity index is 231. The molecule has 0 fully saturated rings. The molecule has 0 saturated heterocycles. The molecule has 0 aliphatic heterocycles. The Morgan fingerprint density at radius 2 is 2.36 bits per heavy atom. The molecule has 0 aromatic carbocycles. The molecule has 1 rings (SSSR count). The van der Waals surface area contributed by atoms with E-state index >= 15 is 0 Å². The van der Waals surface area contributed by atoms with Gasteiger partial charge in [-0.1, -0.05) is 29.3 Å². The number of thiophene rings is 1. The maximum atomic E-state index is 3.56. The summed E-state index contributed by atoms with van der Waals surface area (Å²) >= 11 is 5.33. The molecule has 0 radical (unpaired) electrons. The fraction of sp³-hybridized carbons (Fsp3) is 0.636. The summed E-state index contributed by atoms with van der Waals surface area (Å²) in [6.45, 7) is 4.51. The van der Waals surface area contributed by atoms with Crippen LogP contribution in [0.3, 0.4) is 0 Å². The van der Waals surface area contributed by atoms with E-state index in [2.05, 4.69) is 51.6 Å². The van der Waals surface area contributed by atoms with Gasteiger partial charge in [0.25, 0.3) is 0 Å². The van der Waals surface area contributed by atoms with Crippen molar-refractivity contribution in [2.75, 3.05) is 18.9 Å². The van der Waals surface area contributed by atoms with E-state index in [9.17, 15) is 0 Å². The molecule has 0 bridgehead atoms. The highest BCUT2D eigenvalue weighted by Gasteiger charge is 2.08. The summed E-state index contributed by atoms with van der Waals surface area (Å²) in [5.41, 5.74) is 1.43. The Morgan fingerprint density at radius 3 is 2.86 bits per heavy atom. The molecule has 1 heterocycles. The van der Waals surface area contributed by atoms with Crippen LogP contribution in [0.15, 0.2) is 16.8 Å². The lowest BCUT2D eigenvalue weighted by Gasteiger charge is -2.21. The minimum Gasteiger partial charge on any atom is -0.302 e. The van der Waals surface area contributed by atoms with E-state index in [1.165, 1.54) is 18.5 Å². The second kappa shape index (κ2) is 6.59. The number of nitrogens with zero attached hydrogens (tertiary/aromatic N) is 1. The first-order chi connectivity index (χ1) is 6.76. The molecule has 0 aliphatic rings. The number of alkyl halides is 1. The fourth-order valence-corrected chi connectivity index (χ4v) is 2.81. The van der Waals surface area contributed by atoms with Crippen molar-refractivity contribution < 1.29 is 0 Å². The zero-order chi connectivity index (χ0) is 10.4. The first-order valence-corrected chi connectivity index (χ1v) is 7.08. The van der Waals surface area contributed by atoms with Crippen molar-refractivity contribution in [2.24, 2.45) is 5.92 Å². The van der Waals surface area contributed by atoms with E-state index in [0.29, 0.717) is 0 Å². The van der Waals surface area contributed by atoms with E-state index in [1.807, 2.05) is 0 Å². The third-order valence-corrected chi connectivity index (χ3v) is 4.05. The van der Waals surface area contributed by atoms with Crippen molar-refractivity contribution in [3.8, 4) is 0 Å². The summed E-state index contributed by atoms with van der Waals surface area (Å²) in [6, 6.07) is 2.20. The normalized spacial score (nSPS) is 13.4. The molecule has 1 nitrogen and oxygen atoms in total. The van der Waals surface area contributed by atoms with Gasteiger partial charge in [0.2, 0.25) is 0 Å². The van der Waals surface area contributed by atoms with Crippen molar-refractivity contribution in [2.45, 2.75) is 19.9 Å². The maximum Gasteiger partial charge on any atom is 0.0239 e. The van der Waals surface area contributed by atoms with Gasteiger partial charge in [0, 0.05) is 18.4 Å². The van der Waals surface area contributed by atoms with E-state index < -0.39 is 0 Å². The number of hydrogen-bond donors (Lipinski definition) is 0. The van der Waals surface area contributed by atoms with E-state index in [-0.39, 0.29) is 0 Å². The van der Waals surface area contributed by atoms with Crippen LogP contribution in [0.4, 0.5) is 0 Å². The van der Waals surface area contributed by atoms with E-state index in [0.717, 1.165) is 17.8 Å². The third-order valence-electron chi connectivity index (χ3n) is 2.40. The Morgan fingerprint density at radius 1 is 1.57 bits per heavy atom. The zero-order valence-corrected chi connectivity index (χ0v) is 11.3. The highest BCUT2D eigenvalue weighted by molar-refractivity contribution is 9.09. The van der Waals surface area contributed by atoms with Gasteiger partial charge in [0.1, 0.15) is 0 Å². The summed E-state index contributed by atoms with van der Waals surface area (Å²) in [4.78, 5) is 2.40. The van der Waals surface area contributed by atoms with Crippen LogP contribution in [-0.4, -0.2) is 23.8 Å². The van der Waals surface area contributed by atoms with Gasteiger partial charge < -0.3 is 4.90 Å². The van der Waals surface area contributed by atoms with Crippen molar-refractivity contribution in [1.29, 1.82) is 0 Å². The lowest BCUT2D eigenvalue weighted by molar-refractivity contribution is 0.278. The van der Waals surface area contributed by atoms with Gasteiger partial charge in [-0.15, -0.1) is 0 Å². The van der Waals surface area contributed by atoms with Gasteiger partial charge in [0.15, 0.2) is 0 Å². The maximum absolute atomic E-state index is 3.56. The van der Waals surface area contributed by atoms with Crippen LogP contribution < -0.4 is 0 Å². The third kappa shape index (κ3) is 4.11. The Labute approximate surface area is 99.3 Å². The molecule has 1 aromatic rings. The highest BCUT2D eigenvalue weighted by Crippen LogP contribution is 2.12. The fourth-order valence-electron chi connectivity index (χ4n) is 1.49. The molecular weight excluding hydrogens is 258 g/mol. The lowest BCUT2D eigenvalue weighted by atomic mass is 10.1. The minimum absolute atomic E-state index is 0.777. The molecule has 80 valence electrons. The van der Waals surface area contributed by atoms with Gasteiger partial charge in [-0.3, -0.25) is 0 Å². The van der Waals surface area contributed by atoms with E-state index in [1.54, 1.807) is 11.3 Å². The van der Waals surface area contributed by atoms with Crippen molar-refractivity contribution >= 4 is 27.3 Å². The van der Waals surface area contributed by atoms with Crippen LogP contribution >= 0.6 is 27.3 Å². The minimum atomic E-state index is 0.777. The summed E-state index contributed by atoms with van der Waals surface area (Å²) in [5, 5.41) is 5.48. The second-order valence-electron chi connectivity index (χ2n) is 3.76. The molecule has 3 heteroatoms. The quantitative estimate of drug-likeness (QED) is 0.718. The Balaban J connectivity index is 2.31. The van der Waals surface area contributed by atoms with Gasteiger partial charge >= 0.3 is 0 Å². The molecule has 1 atom stereocenters. The van der Waals surface area contributed by atoms with Crippen LogP contribution in [0.25, 0.3) is 0 Å². The van der Waals surface area contributed by atoms with Crippen LogP contribution in [-0.2, 0) is 6.54 Å². The molecule has 14 heavy (non-hydrogen) atoms. The Hall–Kier alpha value is 0.140. The summed E-state index contributed by atoms with van der Waals surface area (Å²) in [5.74, 6) is 0.777. The predicted molar refractivity (Wildman–Crippen MR) is 68.2 cm³/mol. The van der Waals surface area contributed by atoms with Gasteiger partial charge in [-0.2, -0.15) is 11.3 Å². The van der Waals surface area contributed by atoms with Crippen molar-refractivity contribution in [1.82, 2.24) is 4.90 Å². The van der Waals surface area contributed by atoms with Crippen LogP contribution in [0.5, 0.6) is 0 Å². The number of hydrogen-bond acceptors (Lipinski definition) is 2. The standard InChI is InChI=1S/C11H18BrNS/c1-3-10(6-12)7-13(2)8-11-4-5-14-9-11/h4-5,9-10H,3,6-8H2,1-2H3. The van der Waals surface area contributed by atoms with Crippen LogP contribution in [0.2, 0.25) is 0 Å².